The number of ether oxygens (including phenoxy) is 1. The van der Waals surface area contributed by atoms with Crippen LogP contribution < -0.4 is 10.1 Å². The van der Waals surface area contributed by atoms with E-state index < -0.39 is 0 Å². The van der Waals surface area contributed by atoms with Crippen molar-refractivity contribution in [2.75, 3.05) is 12.4 Å². The third-order valence-electron chi connectivity index (χ3n) is 2.16. The molecular weight excluding hydrogens is 254 g/mol. The Morgan fingerprint density at radius 3 is 2.78 bits per heavy atom. The number of methoxy groups -OCH3 is 1. The van der Waals surface area contributed by atoms with Crippen LogP contribution in [0.15, 0.2) is 36.7 Å². The second-order valence-corrected chi connectivity index (χ2v) is 3.84. The molecule has 1 N–H and O–H groups in total. The summed E-state index contributed by atoms with van der Waals surface area (Å²) in [6, 6.07) is 6.44. The van der Waals surface area contributed by atoms with Crippen LogP contribution in [0.25, 0.3) is 0 Å². The minimum Gasteiger partial charge on any atom is -0.481 e. The van der Waals surface area contributed by atoms with Crippen LogP contribution >= 0.6 is 11.6 Å². The third-order valence-corrected chi connectivity index (χ3v) is 2.39. The molecule has 0 saturated carbocycles. The minimum absolute atomic E-state index is 0.248. The second kappa shape index (κ2) is 5.46. The van der Waals surface area contributed by atoms with Crippen molar-refractivity contribution >= 4 is 23.2 Å². The Kier molecular flexibility index (Phi) is 3.74. The van der Waals surface area contributed by atoms with E-state index in [2.05, 4.69) is 15.3 Å². The van der Waals surface area contributed by atoms with E-state index in [0.29, 0.717) is 16.6 Å². The molecule has 0 spiro atoms. The van der Waals surface area contributed by atoms with Gasteiger partial charge in [0, 0.05) is 17.3 Å². The molecule has 0 unspecified atom stereocenters. The highest BCUT2D eigenvalue weighted by atomic mass is 35.5. The molecule has 0 bridgehead atoms. The minimum atomic E-state index is -0.343. The summed E-state index contributed by atoms with van der Waals surface area (Å²) in [6.07, 6.45) is 2.98. The highest BCUT2D eigenvalue weighted by Gasteiger charge is 2.08. The van der Waals surface area contributed by atoms with Crippen LogP contribution in [0.1, 0.15) is 10.5 Å². The highest BCUT2D eigenvalue weighted by Crippen LogP contribution is 2.13. The van der Waals surface area contributed by atoms with Gasteiger partial charge in [-0.1, -0.05) is 11.6 Å². The van der Waals surface area contributed by atoms with Gasteiger partial charge in [-0.2, -0.15) is 0 Å². The first-order valence-electron chi connectivity index (χ1n) is 5.12. The molecular formula is C12H10ClN3O2. The van der Waals surface area contributed by atoms with Gasteiger partial charge in [0.1, 0.15) is 5.69 Å². The predicted molar refractivity (Wildman–Crippen MR) is 68.0 cm³/mol. The van der Waals surface area contributed by atoms with Crippen molar-refractivity contribution in [3.63, 3.8) is 0 Å². The number of rotatable bonds is 3. The summed E-state index contributed by atoms with van der Waals surface area (Å²) < 4.78 is 4.92. The topological polar surface area (TPSA) is 64.1 Å². The van der Waals surface area contributed by atoms with Crippen molar-refractivity contribution in [2.24, 2.45) is 0 Å². The van der Waals surface area contributed by atoms with Gasteiger partial charge in [-0.05, 0) is 18.2 Å². The molecule has 1 amide bonds. The maximum Gasteiger partial charge on any atom is 0.274 e. The van der Waals surface area contributed by atoms with E-state index in [0.717, 1.165) is 0 Å². The van der Waals surface area contributed by atoms with Crippen molar-refractivity contribution in [3.8, 4) is 5.88 Å². The Labute approximate surface area is 109 Å². The van der Waals surface area contributed by atoms with E-state index >= 15 is 0 Å². The number of carbonyl (C=O) groups is 1. The summed E-state index contributed by atoms with van der Waals surface area (Å²) in [7, 11) is 1.52. The lowest BCUT2D eigenvalue weighted by Crippen LogP contribution is -2.13. The first-order valence-corrected chi connectivity index (χ1v) is 5.50. The Bertz CT molecular complexity index is 558. The Hall–Kier alpha value is -2.14. The molecule has 0 fully saturated rings. The largest absolute Gasteiger partial charge is 0.481 e. The van der Waals surface area contributed by atoms with Crippen LogP contribution in [0.2, 0.25) is 5.02 Å². The first kappa shape index (κ1) is 12.3. The van der Waals surface area contributed by atoms with E-state index in [9.17, 15) is 4.79 Å². The molecule has 5 nitrogen and oxygen atoms in total. The number of anilines is 1. The van der Waals surface area contributed by atoms with Crippen molar-refractivity contribution in [1.29, 1.82) is 0 Å². The fourth-order valence-corrected chi connectivity index (χ4v) is 1.46. The molecule has 0 saturated heterocycles. The standard InChI is InChI=1S/C12H10ClN3O2/c1-18-11-3-2-9(7-15-11)16-12(17)10-6-8(13)4-5-14-10/h2-7H,1H3,(H,16,17). The zero-order valence-electron chi connectivity index (χ0n) is 9.55. The summed E-state index contributed by atoms with van der Waals surface area (Å²) in [4.78, 5) is 19.7. The molecule has 0 aromatic carbocycles. The van der Waals surface area contributed by atoms with Crippen LogP contribution in [-0.4, -0.2) is 23.0 Å². The number of carbonyl (C=O) groups excluding carboxylic acids is 1. The molecule has 0 aliphatic carbocycles. The highest BCUT2D eigenvalue weighted by molar-refractivity contribution is 6.30. The summed E-state index contributed by atoms with van der Waals surface area (Å²) in [5, 5.41) is 3.12. The van der Waals surface area contributed by atoms with Crippen molar-refractivity contribution in [1.82, 2.24) is 9.97 Å². The number of hydrogen-bond donors (Lipinski definition) is 1. The predicted octanol–water partition coefficient (Wildman–Crippen LogP) is 2.39. The molecule has 18 heavy (non-hydrogen) atoms. The van der Waals surface area contributed by atoms with E-state index in [1.165, 1.54) is 25.6 Å². The molecule has 0 radical (unpaired) electrons. The fourth-order valence-electron chi connectivity index (χ4n) is 1.30. The lowest BCUT2D eigenvalue weighted by atomic mass is 10.3. The molecule has 0 aliphatic heterocycles. The van der Waals surface area contributed by atoms with Crippen molar-refractivity contribution in [3.05, 3.63) is 47.4 Å². The van der Waals surface area contributed by atoms with Crippen molar-refractivity contribution in [2.45, 2.75) is 0 Å². The molecule has 2 heterocycles. The Morgan fingerprint density at radius 2 is 2.17 bits per heavy atom. The van der Waals surface area contributed by atoms with Gasteiger partial charge in [-0.25, -0.2) is 4.98 Å². The van der Waals surface area contributed by atoms with Gasteiger partial charge in [0.15, 0.2) is 0 Å². The van der Waals surface area contributed by atoms with E-state index in [4.69, 9.17) is 16.3 Å². The molecule has 0 aliphatic rings. The molecule has 2 rings (SSSR count). The smallest absolute Gasteiger partial charge is 0.274 e. The maximum atomic E-state index is 11.8. The van der Waals surface area contributed by atoms with Gasteiger partial charge >= 0.3 is 0 Å². The van der Waals surface area contributed by atoms with Gasteiger partial charge in [0.25, 0.3) is 5.91 Å². The Morgan fingerprint density at radius 1 is 1.33 bits per heavy atom. The summed E-state index contributed by atoms with van der Waals surface area (Å²) in [5.41, 5.74) is 0.806. The fraction of sp³-hybridized carbons (Fsp3) is 0.0833. The van der Waals surface area contributed by atoms with E-state index in [1.807, 2.05) is 0 Å². The first-order chi connectivity index (χ1) is 8.69. The second-order valence-electron chi connectivity index (χ2n) is 3.40. The van der Waals surface area contributed by atoms with Gasteiger partial charge in [-0.15, -0.1) is 0 Å². The maximum absolute atomic E-state index is 11.8. The average Bonchev–Trinajstić information content (AvgIpc) is 2.39. The summed E-state index contributed by atoms with van der Waals surface area (Å²) >= 11 is 5.78. The lowest BCUT2D eigenvalue weighted by molar-refractivity contribution is 0.102. The number of pyridine rings is 2. The van der Waals surface area contributed by atoms with Crippen LogP contribution in [-0.2, 0) is 0 Å². The van der Waals surface area contributed by atoms with Crippen LogP contribution in [0, 0.1) is 0 Å². The lowest BCUT2D eigenvalue weighted by Gasteiger charge is -2.05. The molecule has 0 atom stereocenters. The zero-order chi connectivity index (χ0) is 13.0. The summed E-state index contributed by atoms with van der Waals surface area (Å²) in [6.45, 7) is 0. The van der Waals surface area contributed by atoms with Gasteiger partial charge in [0.05, 0.1) is 19.0 Å². The zero-order valence-corrected chi connectivity index (χ0v) is 10.3. The van der Waals surface area contributed by atoms with Crippen LogP contribution in [0.3, 0.4) is 0 Å². The molecule has 2 aromatic rings. The van der Waals surface area contributed by atoms with Crippen LogP contribution in [0.4, 0.5) is 5.69 Å². The number of halogens is 1. The van der Waals surface area contributed by atoms with E-state index in [1.54, 1.807) is 18.2 Å². The van der Waals surface area contributed by atoms with E-state index in [-0.39, 0.29) is 11.6 Å². The SMILES string of the molecule is COc1ccc(NC(=O)c2cc(Cl)ccn2)cn1. The third kappa shape index (κ3) is 2.95. The monoisotopic (exact) mass is 263 g/mol. The number of hydrogen-bond acceptors (Lipinski definition) is 4. The quantitative estimate of drug-likeness (QED) is 0.923. The summed E-state index contributed by atoms with van der Waals surface area (Å²) in [5.74, 6) is 0.137. The number of nitrogens with zero attached hydrogens (tertiary/aromatic N) is 2. The number of nitrogens with one attached hydrogen (secondary N) is 1. The molecule has 92 valence electrons. The Balaban J connectivity index is 2.11. The van der Waals surface area contributed by atoms with Gasteiger partial charge in [-0.3, -0.25) is 9.78 Å². The normalized spacial score (nSPS) is 9.89. The van der Waals surface area contributed by atoms with Gasteiger partial charge in [0.2, 0.25) is 5.88 Å². The molecule has 2 aromatic heterocycles. The average molecular weight is 264 g/mol. The van der Waals surface area contributed by atoms with Crippen molar-refractivity contribution < 1.29 is 9.53 Å². The van der Waals surface area contributed by atoms with Crippen LogP contribution in [0.5, 0.6) is 5.88 Å². The molecule has 6 heteroatoms. The number of amides is 1. The van der Waals surface area contributed by atoms with Gasteiger partial charge < -0.3 is 10.1 Å². The number of aromatic nitrogens is 2.